The summed E-state index contributed by atoms with van der Waals surface area (Å²) in [5.74, 6) is -1.10. The van der Waals surface area contributed by atoms with Gasteiger partial charge in [-0.1, -0.05) is 29.7 Å². The van der Waals surface area contributed by atoms with Gasteiger partial charge in [-0.15, -0.1) is 0 Å². The summed E-state index contributed by atoms with van der Waals surface area (Å²) in [6, 6.07) is 13.7. The molecule has 15 nitrogen and oxygen atoms in total. The number of carbonyl (C=O) groups is 1. The van der Waals surface area contributed by atoms with Gasteiger partial charge in [0.25, 0.3) is 5.91 Å². The van der Waals surface area contributed by atoms with Crippen molar-refractivity contribution < 1.29 is 31.6 Å². The number of nitrogens with zero attached hydrogens (tertiary/aromatic N) is 9. The van der Waals surface area contributed by atoms with Crippen molar-refractivity contribution in [2.45, 2.75) is 103 Å². The Morgan fingerprint density at radius 1 is 0.986 bits per heavy atom. The van der Waals surface area contributed by atoms with E-state index in [0.29, 0.717) is 63.4 Å². The molecule has 2 aliphatic heterocycles. The first-order chi connectivity index (χ1) is 32.7. The van der Waals surface area contributed by atoms with E-state index in [-0.39, 0.29) is 46.5 Å². The number of amides is 1. The number of ether oxygens (including phenoxy) is 1. The topological polar surface area (TPSA) is 156 Å². The van der Waals surface area contributed by atoms with E-state index in [1.807, 2.05) is 56.5 Å². The molecule has 1 saturated heterocycles. The standard InChI is InChI=1S/C49H47ClF4N10O5/c1-25-17-32(18-26(2)40(25)50)64-42(61-15-14-60(46(61)67)37-10-9-36-33(41(37)51)23-55-62(36)24-49(52,53)54)39-28(4)59(13-11-34(39)57-64)43(65)38-20-31-19-29(30-12-16-68-47(5,6)22-30)7-8-35(31)63(38)48(21-27(48)3)44-56-45(66)69-58-44/h7-10,14-15,17-20,23,27-28,30H,11-13,16,21-22,24H2,1-6H3,(H,56,58,66)/t27-,28-,30?,48-/m0/s1. The number of rotatable bonds is 8. The lowest BCUT2D eigenvalue weighted by molar-refractivity contribution is -0.141. The predicted octanol–water partition coefficient (Wildman–Crippen LogP) is 8.98. The molecule has 1 amide bonds. The van der Waals surface area contributed by atoms with E-state index in [2.05, 4.69) is 41.2 Å². The Balaban J connectivity index is 1.04. The zero-order valence-corrected chi connectivity index (χ0v) is 39.2. The summed E-state index contributed by atoms with van der Waals surface area (Å²) in [4.78, 5) is 47.3. The van der Waals surface area contributed by atoms with Gasteiger partial charge < -0.3 is 14.2 Å². The molecule has 3 aromatic carbocycles. The van der Waals surface area contributed by atoms with Gasteiger partial charge in [0, 0.05) is 53.5 Å². The summed E-state index contributed by atoms with van der Waals surface area (Å²) in [5, 5.41) is 14.2. The number of H-pyrrole nitrogens is 1. The van der Waals surface area contributed by atoms with Gasteiger partial charge in [-0.3, -0.25) is 28.1 Å². The summed E-state index contributed by atoms with van der Waals surface area (Å²) in [5.41, 5.74) is 3.46. The molecular formula is C49H47ClF4N10O5. The van der Waals surface area contributed by atoms with Crippen LogP contribution in [-0.2, 0) is 23.2 Å². The summed E-state index contributed by atoms with van der Waals surface area (Å²) in [6.45, 7) is 11.3. The number of imidazole rings is 1. The average Bonchev–Trinajstić information content (AvgIpc) is 3.93. The zero-order chi connectivity index (χ0) is 48.6. The molecule has 358 valence electrons. The van der Waals surface area contributed by atoms with E-state index in [1.54, 1.807) is 9.58 Å². The third-order valence-electron chi connectivity index (χ3n) is 14.4. The second-order valence-corrected chi connectivity index (χ2v) is 19.8. The van der Waals surface area contributed by atoms with Gasteiger partial charge in [0.1, 0.15) is 23.6 Å². The molecule has 20 heteroatoms. The average molecular weight is 967 g/mol. The Morgan fingerprint density at radius 2 is 1.71 bits per heavy atom. The highest BCUT2D eigenvalue weighted by atomic mass is 35.5. The van der Waals surface area contributed by atoms with Crippen molar-refractivity contribution in [1.82, 2.24) is 48.3 Å². The molecule has 11 rings (SSSR count). The fourth-order valence-corrected chi connectivity index (χ4v) is 11.1. The Kier molecular flexibility index (Phi) is 10.1. The van der Waals surface area contributed by atoms with Crippen molar-refractivity contribution in [3.05, 3.63) is 138 Å². The summed E-state index contributed by atoms with van der Waals surface area (Å²) < 4.78 is 74.1. The van der Waals surface area contributed by atoms with Crippen LogP contribution in [0.3, 0.4) is 0 Å². The monoisotopic (exact) mass is 966 g/mol. The number of nitrogens with one attached hydrogen (secondary N) is 1. The van der Waals surface area contributed by atoms with Gasteiger partial charge in [-0.25, -0.2) is 18.7 Å². The predicted molar refractivity (Wildman–Crippen MR) is 247 cm³/mol. The van der Waals surface area contributed by atoms with Crippen molar-refractivity contribution in [3.8, 4) is 17.2 Å². The smallest absolute Gasteiger partial charge is 0.376 e. The normalized spacial score (nSPS) is 21.4. The summed E-state index contributed by atoms with van der Waals surface area (Å²) in [6.07, 6.45) is 1.84. The number of benzene rings is 3. The van der Waals surface area contributed by atoms with Crippen LogP contribution in [0.25, 0.3) is 39.0 Å². The molecule has 7 heterocycles. The van der Waals surface area contributed by atoms with Gasteiger partial charge in [-0.05, 0) is 125 Å². The van der Waals surface area contributed by atoms with Crippen LogP contribution in [0.4, 0.5) is 17.6 Å². The number of carbonyl (C=O) groups excluding carboxylic acids is 1. The maximum Gasteiger partial charge on any atom is 0.438 e. The second-order valence-electron chi connectivity index (χ2n) is 19.4. The fourth-order valence-electron chi connectivity index (χ4n) is 11.0. The van der Waals surface area contributed by atoms with Crippen molar-refractivity contribution in [3.63, 3.8) is 0 Å². The van der Waals surface area contributed by atoms with Crippen molar-refractivity contribution >= 4 is 39.3 Å². The first kappa shape index (κ1) is 44.8. The number of alkyl halides is 3. The van der Waals surface area contributed by atoms with Crippen LogP contribution in [0.15, 0.2) is 81.2 Å². The minimum absolute atomic E-state index is 0.0320. The lowest BCUT2D eigenvalue weighted by atomic mass is 9.83. The van der Waals surface area contributed by atoms with Gasteiger partial charge in [0.15, 0.2) is 11.6 Å². The molecule has 4 atom stereocenters. The van der Waals surface area contributed by atoms with E-state index < -0.39 is 41.6 Å². The lowest BCUT2D eigenvalue weighted by Gasteiger charge is -2.35. The molecule has 1 saturated carbocycles. The number of aromatic nitrogens is 9. The van der Waals surface area contributed by atoms with Crippen LogP contribution < -0.4 is 11.4 Å². The minimum Gasteiger partial charge on any atom is -0.376 e. The molecule has 3 aliphatic rings. The number of hydrogen-bond donors (Lipinski definition) is 1. The first-order valence-electron chi connectivity index (χ1n) is 22.8. The molecule has 0 bridgehead atoms. The maximum absolute atomic E-state index is 16.3. The summed E-state index contributed by atoms with van der Waals surface area (Å²) in [7, 11) is 0. The van der Waals surface area contributed by atoms with Crippen molar-refractivity contribution in [1.29, 1.82) is 0 Å². The van der Waals surface area contributed by atoms with E-state index >= 15 is 9.18 Å². The number of aromatic amines is 1. The number of hydrogen-bond acceptors (Lipinski definition) is 8. The Hall–Kier alpha value is -6.73. The fraction of sp³-hybridized carbons (Fsp3) is 0.388. The van der Waals surface area contributed by atoms with Crippen molar-refractivity contribution in [2.75, 3.05) is 13.2 Å². The van der Waals surface area contributed by atoms with Gasteiger partial charge in [0.05, 0.1) is 45.8 Å². The molecule has 1 aliphatic carbocycles. The zero-order valence-electron chi connectivity index (χ0n) is 38.5. The van der Waals surface area contributed by atoms with Gasteiger partial charge >= 0.3 is 17.6 Å². The lowest BCUT2D eigenvalue weighted by Crippen LogP contribution is -2.41. The highest BCUT2D eigenvalue weighted by Gasteiger charge is 2.59. The molecular weight excluding hydrogens is 920 g/mol. The minimum atomic E-state index is -4.59. The Bertz CT molecular complexity index is 3510. The van der Waals surface area contributed by atoms with Crippen molar-refractivity contribution in [2.24, 2.45) is 5.92 Å². The van der Waals surface area contributed by atoms with E-state index in [1.165, 1.54) is 29.1 Å². The van der Waals surface area contributed by atoms with E-state index in [0.717, 1.165) is 51.2 Å². The molecule has 1 N–H and O–H groups in total. The van der Waals surface area contributed by atoms with Crippen LogP contribution >= 0.6 is 11.6 Å². The molecule has 0 spiro atoms. The SMILES string of the molecule is Cc1cc(-n2nc3c(c2-n2ccn(-c4ccc5c(cnn5CC(F)(F)F)c4F)c2=O)[C@H](C)N(C(=O)c2cc4cc(C5CCOC(C)(C)C5)ccc4n2[C@@]2(c4noc(=O)[nH]4)C[C@@H]2C)CC3)cc(C)c1Cl. The number of halogens is 5. The maximum atomic E-state index is 16.3. The van der Waals surface area contributed by atoms with E-state index in [9.17, 15) is 22.8 Å². The molecule has 8 aromatic rings. The van der Waals surface area contributed by atoms with E-state index in [4.69, 9.17) is 26.0 Å². The largest absolute Gasteiger partial charge is 0.438 e. The molecule has 69 heavy (non-hydrogen) atoms. The Morgan fingerprint density at radius 3 is 2.39 bits per heavy atom. The summed E-state index contributed by atoms with van der Waals surface area (Å²) >= 11 is 6.64. The first-order valence-corrected chi connectivity index (χ1v) is 23.2. The quantitative estimate of drug-likeness (QED) is 0.148. The van der Waals surface area contributed by atoms with Crippen LogP contribution in [0, 0.1) is 25.6 Å². The Labute approximate surface area is 395 Å². The highest BCUT2D eigenvalue weighted by Crippen LogP contribution is 2.56. The molecule has 5 aromatic heterocycles. The van der Waals surface area contributed by atoms with Gasteiger partial charge in [-0.2, -0.15) is 23.4 Å². The van der Waals surface area contributed by atoms with Crippen LogP contribution in [0.1, 0.15) is 103 Å². The van der Waals surface area contributed by atoms with Crippen LogP contribution in [0.2, 0.25) is 5.02 Å². The van der Waals surface area contributed by atoms with Crippen LogP contribution in [0.5, 0.6) is 0 Å². The van der Waals surface area contributed by atoms with Crippen LogP contribution in [-0.4, -0.2) is 79.1 Å². The number of fused-ring (bicyclic) bond motifs is 3. The number of aryl methyl sites for hydroxylation is 2. The highest BCUT2D eigenvalue weighted by molar-refractivity contribution is 6.32. The third kappa shape index (κ3) is 7.17. The third-order valence-corrected chi connectivity index (χ3v) is 15.0. The molecule has 2 fully saturated rings. The second kappa shape index (κ2) is 15.6. The molecule has 0 radical (unpaired) electrons. The molecule has 1 unspecified atom stereocenters. The van der Waals surface area contributed by atoms with Gasteiger partial charge in [0.2, 0.25) is 0 Å².